The number of aromatic nitrogens is 4. The van der Waals surface area contributed by atoms with Gasteiger partial charge in [-0.3, -0.25) is 9.78 Å². The van der Waals surface area contributed by atoms with E-state index in [-0.39, 0.29) is 5.56 Å². The highest BCUT2D eigenvalue weighted by Gasteiger charge is 2.23. The third-order valence-corrected chi connectivity index (χ3v) is 3.72. The fourth-order valence-electron chi connectivity index (χ4n) is 2.69. The lowest BCUT2D eigenvalue weighted by atomic mass is 9.85. The molecule has 0 radical (unpaired) electrons. The summed E-state index contributed by atoms with van der Waals surface area (Å²) in [5.41, 5.74) is -0.0743. The molecule has 3 rings (SSSR count). The number of nitrogens with one attached hydrogen (secondary N) is 2. The monoisotopic (exact) mass is 271 g/mol. The predicted octanol–water partition coefficient (Wildman–Crippen LogP) is 1.70. The predicted molar refractivity (Wildman–Crippen MR) is 75.5 cm³/mol. The molecule has 1 fully saturated rings. The first-order valence-electron chi connectivity index (χ1n) is 6.89. The van der Waals surface area contributed by atoms with Crippen molar-refractivity contribution in [2.75, 3.05) is 5.32 Å². The van der Waals surface area contributed by atoms with Crippen LogP contribution in [-0.4, -0.2) is 26.0 Å². The van der Waals surface area contributed by atoms with Gasteiger partial charge in [-0.25, -0.2) is 9.97 Å². The number of nitrogens with zero attached hydrogens (tertiary/aromatic N) is 3. The second-order valence-corrected chi connectivity index (χ2v) is 5.10. The molecule has 1 aliphatic carbocycles. The molecule has 6 nitrogen and oxygen atoms in total. The molecule has 1 saturated carbocycles. The average Bonchev–Trinajstić information content (AvgIpc) is 2.49. The summed E-state index contributed by atoms with van der Waals surface area (Å²) in [7, 11) is 0. The topological polar surface area (TPSA) is 83.6 Å². The fourth-order valence-corrected chi connectivity index (χ4v) is 2.69. The van der Waals surface area contributed by atoms with Gasteiger partial charge in [0.05, 0.1) is 6.20 Å². The number of H-pyrrole nitrogens is 1. The van der Waals surface area contributed by atoms with Crippen LogP contribution in [0.1, 0.15) is 37.4 Å². The summed E-state index contributed by atoms with van der Waals surface area (Å²) < 4.78 is 0. The van der Waals surface area contributed by atoms with Gasteiger partial charge < -0.3 is 10.3 Å². The largest absolute Gasteiger partial charge is 0.366 e. The summed E-state index contributed by atoms with van der Waals surface area (Å²) in [6.45, 7) is 0. The van der Waals surface area contributed by atoms with Crippen molar-refractivity contribution >= 4 is 5.82 Å². The summed E-state index contributed by atoms with van der Waals surface area (Å²) >= 11 is 0. The van der Waals surface area contributed by atoms with Crippen LogP contribution in [0.25, 0.3) is 0 Å². The van der Waals surface area contributed by atoms with Crippen LogP contribution in [0.3, 0.4) is 0 Å². The Balaban J connectivity index is 1.58. The van der Waals surface area contributed by atoms with Gasteiger partial charge in [-0.2, -0.15) is 0 Å². The SMILES string of the molecule is O=c1ccnc(C2CCC(Nc3cnccn3)CC2)[nH]1. The van der Waals surface area contributed by atoms with Crippen molar-refractivity contribution in [1.29, 1.82) is 0 Å². The van der Waals surface area contributed by atoms with E-state index in [0.29, 0.717) is 12.0 Å². The van der Waals surface area contributed by atoms with E-state index >= 15 is 0 Å². The number of hydrogen-bond acceptors (Lipinski definition) is 5. The molecule has 0 aliphatic heterocycles. The molecule has 2 aromatic rings. The van der Waals surface area contributed by atoms with E-state index < -0.39 is 0 Å². The molecule has 0 amide bonds. The first kappa shape index (κ1) is 12.8. The van der Waals surface area contributed by atoms with Crippen LogP contribution in [0.4, 0.5) is 5.82 Å². The van der Waals surface area contributed by atoms with Crippen LogP contribution in [-0.2, 0) is 0 Å². The molecule has 20 heavy (non-hydrogen) atoms. The molecule has 0 aromatic carbocycles. The Hall–Kier alpha value is -2.24. The van der Waals surface area contributed by atoms with E-state index in [0.717, 1.165) is 37.3 Å². The second-order valence-electron chi connectivity index (χ2n) is 5.10. The van der Waals surface area contributed by atoms with Gasteiger partial charge in [0.25, 0.3) is 5.56 Å². The van der Waals surface area contributed by atoms with Crippen molar-refractivity contribution in [2.45, 2.75) is 37.6 Å². The molecular weight excluding hydrogens is 254 g/mol. The third kappa shape index (κ3) is 3.01. The van der Waals surface area contributed by atoms with Gasteiger partial charge in [0.15, 0.2) is 0 Å². The van der Waals surface area contributed by atoms with Gasteiger partial charge in [0.1, 0.15) is 11.6 Å². The highest BCUT2D eigenvalue weighted by molar-refractivity contribution is 5.31. The Morgan fingerprint density at radius 2 is 1.95 bits per heavy atom. The molecule has 6 heteroatoms. The van der Waals surface area contributed by atoms with Crippen molar-refractivity contribution in [2.24, 2.45) is 0 Å². The molecule has 0 spiro atoms. The minimum absolute atomic E-state index is 0.0743. The van der Waals surface area contributed by atoms with Gasteiger partial charge >= 0.3 is 0 Å². The van der Waals surface area contributed by atoms with Gasteiger partial charge in [-0.1, -0.05) is 0 Å². The molecule has 104 valence electrons. The van der Waals surface area contributed by atoms with Crippen molar-refractivity contribution in [1.82, 2.24) is 19.9 Å². The Morgan fingerprint density at radius 3 is 2.65 bits per heavy atom. The smallest absolute Gasteiger partial charge is 0.250 e. The zero-order valence-corrected chi connectivity index (χ0v) is 11.1. The summed E-state index contributed by atoms with van der Waals surface area (Å²) in [6.07, 6.45) is 10.8. The van der Waals surface area contributed by atoms with E-state index in [1.165, 1.54) is 6.07 Å². The lowest BCUT2D eigenvalue weighted by Gasteiger charge is -2.28. The first-order valence-corrected chi connectivity index (χ1v) is 6.89. The van der Waals surface area contributed by atoms with E-state index in [1.54, 1.807) is 24.8 Å². The highest BCUT2D eigenvalue weighted by atomic mass is 16.1. The van der Waals surface area contributed by atoms with E-state index in [1.807, 2.05) is 0 Å². The zero-order valence-electron chi connectivity index (χ0n) is 11.1. The van der Waals surface area contributed by atoms with Gasteiger partial charge in [-0.05, 0) is 25.7 Å². The summed E-state index contributed by atoms with van der Waals surface area (Å²) in [5, 5.41) is 3.40. The number of anilines is 1. The van der Waals surface area contributed by atoms with Crippen molar-refractivity contribution < 1.29 is 0 Å². The van der Waals surface area contributed by atoms with Gasteiger partial charge in [0.2, 0.25) is 0 Å². The maximum Gasteiger partial charge on any atom is 0.250 e. The van der Waals surface area contributed by atoms with Crippen molar-refractivity contribution in [3.63, 3.8) is 0 Å². The standard InChI is InChI=1S/C14H17N5O/c20-13-5-6-17-14(19-13)10-1-3-11(4-2-10)18-12-9-15-7-8-16-12/h5-11H,1-4H2,(H,16,18)(H,17,19,20). The second kappa shape index (κ2) is 5.81. The molecule has 0 saturated heterocycles. The van der Waals surface area contributed by atoms with Crippen LogP contribution >= 0.6 is 0 Å². The normalized spacial score (nSPS) is 22.4. The minimum Gasteiger partial charge on any atom is -0.366 e. The van der Waals surface area contributed by atoms with Crippen molar-refractivity contribution in [3.8, 4) is 0 Å². The first-order chi connectivity index (χ1) is 9.81. The van der Waals surface area contributed by atoms with E-state index in [2.05, 4.69) is 25.3 Å². The molecule has 0 atom stereocenters. The maximum atomic E-state index is 11.3. The maximum absolute atomic E-state index is 11.3. The molecule has 1 aliphatic rings. The third-order valence-electron chi connectivity index (χ3n) is 3.72. The van der Waals surface area contributed by atoms with Crippen LogP contribution < -0.4 is 10.9 Å². The molecule has 2 heterocycles. The van der Waals surface area contributed by atoms with Crippen LogP contribution in [0.5, 0.6) is 0 Å². The van der Waals surface area contributed by atoms with Crippen LogP contribution in [0.15, 0.2) is 35.6 Å². The minimum atomic E-state index is -0.0743. The summed E-state index contributed by atoms with van der Waals surface area (Å²) in [6, 6.07) is 1.86. The lowest BCUT2D eigenvalue weighted by Crippen LogP contribution is -2.27. The zero-order chi connectivity index (χ0) is 13.8. The Bertz CT molecular complexity index is 604. The van der Waals surface area contributed by atoms with Crippen LogP contribution in [0, 0.1) is 0 Å². The number of hydrogen-bond donors (Lipinski definition) is 2. The molecular formula is C14H17N5O. The average molecular weight is 271 g/mol. The molecule has 0 unspecified atom stereocenters. The molecule has 0 bridgehead atoms. The number of rotatable bonds is 3. The van der Waals surface area contributed by atoms with Gasteiger partial charge in [0, 0.05) is 36.6 Å². The number of aromatic amines is 1. The van der Waals surface area contributed by atoms with Crippen LogP contribution in [0.2, 0.25) is 0 Å². The molecule has 2 N–H and O–H groups in total. The Kier molecular flexibility index (Phi) is 3.71. The quantitative estimate of drug-likeness (QED) is 0.887. The molecule has 2 aromatic heterocycles. The van der Waals surface area contributed by atoms with Gasteiger partial charge in [-0.15, -0.1) is 0 Å². The Morgan fingerprint density at radius 1 is 1.10 bits per heavy atom. The van der Waals surface area contributed by atoms with E-state index in [9.17, 15) is 4.79 Å². The van der Waals surface area contributed by atoms with Crippen molar-refractivity contribution in [3.05, 3.63) is 47.0 Å². The lowest BCUT2D eigenvalue weighted by molar-refractivity contribution is 0.399. The van der Waals surface area contributed by atoms with E-state index in [4.69, 9.17) is 0 Å². The summed E-state index contributed by atoms with van der Waals surface area (Å²) in [4.78, 5) is 26.7. The summed E-state index contributed by atoms with van der Waals surface area (Å²) in [5.74, 6) is 1.99. The fraction of sp³-hybridized carbons (Fsp3) is 0.429. The highest BCUT2D eigenvalue weighted by Crippen LogP contribution is 2.31. The Labute approximate surface area is 116 Å².